The Kier molecular flexibility index (Phi) is 3.62. The number of nitro groups is 1. The van der Waals surface area contributed by atoms with E-state index >= 15 is 0 Å². The molecule has 0 aliphatic rings. The van der Waals surface area contributed by atoms with Gasteiger partial charge in [-0.1, -0.05) is 30.3 Å². The molecule has 0 saturated carbocycles. The van der Waals surface area contributed by atoms with E-state index in [1.54, 1.807) is 18.2 Å². The lowest BCUT2D eigenvalue weighted by molar-refractivity contribution is -0.384. The summed E-state index contributed by atoms with van der Waals surface area (Å²) in [5.74, 6) is 0.544. The molecule has 5 heteroatoms. The minimum Gasteiger partial charge on any atom is -0.488 e. The molecule has 110 valence electrons. The molecule has 5 nitrogen and oxygen atoms in total. The van der Waals surface area contributed by atoms with Crippen molar-refractivity contribution in [3.63, 3.8) is 0 Å². The predicted octanol–water partition coefficient (Wildman–Crippen LogP) is 3.91. The van der Waals surface area contributed by atoms with Crippen LogP contribution < -0.4 is 10.5 Å². The number of nitrogens with zero attached hydrogens (tertiary/aromatic N) is 1. The van der Waals surface area contributed by atoms with Gasteiger partial charge in [-0.3, -0.25) is 10.1 Å². The van der Waals surface area contributed by atoms with E-state index in [1.165, 1.54) is 12.1 Å². The third-order valence-electron chi connectivity index (χ3n) is 3.37. The zero-order valence-electron chi connectivity index (χ0n) is 11.7. The Bertz CT molecular complexity index is 832. The zero-order chi connectivity index (χ0) is 15.5. The quantitative estimate of drug-likeness (QED) is 0.449. The van der Waals surface area contributed by atoms with Gasteiger partial charge in [-0.05, 0) is 23.1 Å². The molecule has 0 saturated heterocycles. The van der Waals surface area contributed by atoms with E-state index in [0.29, 0.717) is 23.4 Å². The molecule has 3 rings (SSSR count). The van der Waals surface area contributed by atoms with Crippen molar-refractivity contribution in [1.29, 1.82) is 0 Å². The number of fused-ring (bicyclic) bond motifs is 1. The number of non-ortho nitro benzene ring substituents is 1. The van der Waals surface area contributed by atoms with Crippen LogP contribution in [0.3, 0.4) is 0 Å². The molecule has 0 radical (unpaired) electrons. The van der Waals surface area contributed by atoms with Gasteiger partial charge in [-0.25, -0.2) is 0 Å². The van der Waals surface area contributed by atoms with Gasteiger partial charge in [-0.2, -0.15) is 0 Å². The second-order valence-corrected chi connectivity index (χ2v) is 4.96. The van der Waals surface area contributed by atoms with E-state index < -0.39 is 4.92 Å². The SMILES string of the molecule is Nc1cc(OCc2ccccc2)c2cc([N+](=O)[O-])ccc2c1. The molecular weight excluding hydrogens is 280 g/mol. The topological polar surface area (TPSA) is 78.4 Å². The molecule has 3 aromatic rings. The van der Waals surface area contributed by atoms with Crippen LogP contribution in [-0.4, -0.2) is 4.92 Å². The first-order chi connectivity index (χ1) is 10.6. The van der Waals surface area contributed by atoms with Gasteiger partial charge in [0.2, 0.25) is 0 Å². The van der Waals surface area contributed by atoms with E-state index in [9.17, 15) is 10.1 Å². The Hall–Kier alpha value is -3.08. The van der Waals surface area contributed by atoms with Crippen LogP contribution in [-0.2, 0) is 6.61 Å². The van der Waals surface area contributed by atoms with Gasteiger partial charge in [0, 0.05) is 29.3 Å². The second-order valence-electron chi connectivity index (χ2n) is 4.96. The molecule has 0 aromatic heterocycles. The number of benzene rings is 3. The molecule has 0 heterocycles. The zero-order valence-corrected chi connectivity index (χ0v) is 11.7. The molecule has 0 bridgehead atoms. The fourth-order valence-electron chi connectivity index (χ4n) is 2.30. The summed E-state index contributed by atoms with van der Waals surface area (Å²) in [5, 5.41) is 12.4. The van der Waals surface area contributed by atoms with E-state index in [0.717, 1.165) is 10.9 Å². The molecule has 0 atom stereocenters. The normalized spacial score (nSPS) is 10.5. The first-order valence-electron chi connectivity index (χ1n) is 6.78. The van der Waals surface area contributed by atoms with Crippen LogP contribution in [0.2, 0.25) is 0 Å². The number of nitrogens with two attached hydrogens (primary N) is 1. The smallest absolute Gasteiger partial charge is 0.270 e. The van der Waals surface area contributed by atoms with Crippen molar-refractivity contribution in [3.05, 3.63) is 76.3 Å². The van der Waals surface area contributed by atoms with Crippen molar-refractivity contribution in [2.45, 2.75) is 6.61 Å². The summed E-state index contributed by atoms with van der Waals surface area (Å²) >= 11 is 0. The van der Waals surface area contributed by atoms with Gasteiger partial charge in [0.1, 0.15) is 12.4 Å². The largest absolute Gasteiger partial charge is 0.488 e. The summed E-state index contributed by atoms with van der Waals surface area (Å²) < 4.78 is 5.82. The lowest BCUT2D eigenvalue weighted by Gasteiger charge is -2.11. The van der Waals surface area contributed by atoms with Crippen molar-refractivity contribution >= 4 is 22.1 Å². The van der Waals surface area contributed by atoms with Gasteiger partial charge < -0.3 is 10.5 Å². The van der Waals surface area contributed by atoms with E-state index in [-0.39, 0.29) is 5.69 Å². The highest BCUT2D eigenvalue weighted by atomic mass is 16.6. The molecule has 0 spiro atoms. The van der Waals surface area contributed by atoms with Crippen LogP contribution in [0.25, 0.3) is 10.8 Å². The minimum absolute atomic E-state index is 0.0295. The van der Waals surface area contributed by atoms with Crippen LogP contribution in [0.1, 0.15) is 5.56 Å². The number of hydrogen-bond acceptors (Lipinski definition) is 4. The van der Waals surface area contributed by atoms with Crippen LogP contribution in [0.4, 0.5) is 11.4 Å². The predicted molar refractivity (Wildman–Crippen MR) is 85.8 cm³/mol. The minimum atomic E-state index is -0.420. The lowest BCUT2D eigenvalue weighted by Crippen LogP contribution is -1.97. The maximum Gasteiger partial charge on any atom is 0.270 e. The number of anilines is 1. The average Bonchev–Trinajstić information content (AvgIpc) is 2.53. The molecule has 0 fully saturated rings. The summed E-state index contributed by atoms with van der Waals surface area (Å²) in [6.07, 6.45) is 0. The van der Waals surface area contributed by atoms with Crippen molar-refractivity contribution in [3.8, 4) is 5.75 Å². The van der Waals surface area contributed by atoms with Gasteiger partial charge in [-0.15, -0.1) is 0 Å². The first kappa shape index (κ1) is 13.9. The Balaban J connectivity index is 1.99. The summed E-state index contributed by atoms with van der Waals surface area (Å²) in [7, 11) is 0. The summed E-state index contributed by atoms with van der Waals surface area (Å²) in [5.41, 5.74) is 7.48. The standard InChI is InChI=1S/C17H14N2O3/c18-14-8-13-6-7-15(19(20)21)10-16(13)17(9-14)22-11-12-4-2-1-3-5-12/h1-10H,11,18H2. The molecular formula is C17H14N2O3. The average molecular weight is 294 g/mol. The van der Waals surface area contributed by atoms with E-state index in [2.05, 4.69) is 0 Å². The van der Waals surface area contributed by atoms with Crippen LogP contribution in [0.5, 0.6) is 5.75 Å². The van der Waals surface area contributed by atoms with Crippen molar-refractivity contribution in [1.82, 2.24) is 0 Å². The summed E-state index contributed by atoms with van der Waals surface area (Å²) in [4.78, 5) is 10.5. The summed E-state index contributed by atoms with van der Waals surface area (Å²) in [6.45, 7) is 0.377. The van der Waals surface area contributed by atoms with Crippen molar-refractivity contribution < 1.29 is 9.66 Å². The highest BCUT2D eigenvalue weighted by Crippen LogP contribution is 2.32. The third kappa shape index (κ3) is 2.83. The Morgan fingerprint density at radius 3 is 2.55 bits per heavy atom. The fraction of sp³-hybridized carbons (Fsp3) is 0.0588. The van der Waals surface area contributed by atoms with Gasteiger partial charge in [0.05, 0.1) is 4.92 Å². The third-order valence-corrected chi connectivity index (χ3v) is 3.37. The lowest BCUT2D eigenvalue weighted by atomic mass is 10.1. The Labute approximate surface area is 127 Å². The molecule has 2 N–H and O–H groups in total. The fourth-order valence-corrected chi connectivity index (χ4v) is 2.30. The van der Waals surface area contributed by atoms with Crippen LogP contribution >= 0.6 is 0 Å². The molecule has 22 heavy (non-hydrogen) atoms. The highest BCUT2D eigenvalue weighted by Gasteiger charge is 2.11. The van der Waals surface area contributed by atoms with Crippen molar-refractivity contribution in [2.75, 3.05) is 5.73 Å². The van der Waals surface area contributed by atoms with Gasteiger partial charge >= 0.3 is 0 Å². The maximum absolute atomic E-state index is 10.9. The van der Waals surface area contributed by atoms with Crippen LogP contribution in [0.15, 0.2) is 60.7 Å². The number of ether oxygens (including phenoxy) is 1. The summed E-state index contributed by atoms with van der Waals surface area (Å²) in [6, 6.07) is 17.8. The molecule has 3 aromatic carbocycles. The van der Waals surface area contributed by atoms with Gasteiger partial charge in [0.15, 0.2) is 0 Å². The molecule has 0 aliphatic heterocycles. The number of hydrogen-bond donors (Lipinski definition) is 1. The highest BCUT2D eigenvalue weighted by molar-refractivity contribution is 5.92. The van der Waals surface area contributed by atoms with Gasteiger partial charge in [0.25, 0.3) is 5.69 Å². The first-order valence-corrected chi connectivity index (χ1v) is 6.78. The maximum atomic E-state index is 10.9. The van der Waals surface area contributed by atoms with Crippen molar-refractivity contribution in [2.24, 2.45) is 0 Å². The van der Waals surface area contributed by atoms with E-state index in [4.69, 9.17) is 10.5 Å². The molecule has 0 unspecified atom stereocenters. The Morgan fingerprint density at radius 1 is 1.05 bits per heavy atom. The molecule has 0 aliphatic carbocycles. The van der Waals surface area contributed by atoms with E-state index in [1.807, 2.05) is 30.3 Å². The monoisotopic (exact) mass is 294 g/mol. The number of nitro benzene ring substituents is 1. The molecule has 0 amide bonds. The number of nitrogen functional groups attached to an aromatic ring is 1. The number of rotatable bonds is 4. The second kappa shape index (κ2) is 5.73. The Morgan fingerprint density at radius 2 is 1.82 bits per heavy atom. The van der Waals surface area contributed by atoms with Crippen LogP contribution in [0, 0.1) is 10.1 Å².